The lowest BCUT2D eigenvalue weighted by Crippen LogP contribution is -2.35. The number of nitrogens with zero attached hydrogens (tertiary/aromatic N) is 1. The van der Waals surface area contributed by atoms with Crippen LogP contribution in [0.5, 0.6) is 5.75 Å². The monoisotopic (exact) mass is 485 g/mol. The number of methoxy groups -OCH3 is 1. The molecule has 3 rings (SSSR count). The SMILES string of the molecule is COc1ccc(C)cc1NC(=O)C(NCCCN1CCCC1=O)c1ccccc1.O=C(O)C(=O)O. The summed E-state index contributed by atoms with van der Waals surface area (Å²) >= 11 is 0. The molecule has 2 aromatic carbocycles. The Hall–Kier alpha value is -3.92. The van der Waals surface area contributed by atoms with E-state index in [2.05, 4.69) is 10.6 Å². The number of ether oxygens (including phenoxy) is 1. The number of benzene rings is 2. The number of nitrogens with one attached hydrogen (secondary N) is 2. The summed E-state index contributed by atoms with van der Waals surface area (Å²) in [6.45, 7) is 4.18. The summed E-state index contributed by atoms with van der Waals surface area (Å²) < 4.78 is 5.38. The van der Waals surface area contributed by atoms with Gasteiger partial charge in [0.1, 0.15) is 11.8 Å². The van der Waals surface area contributed by atoms with Gasteiger partial charge in [0.05, 0.1) is 12.8 Å². The van der Waals surface area contributed by atoms with Crippen molar-refractivity contribution in [2.75, 3.05) is 32.1 Å². The molecule has 10 heteroatoms. The predicted molar refractivity (Wildman–Crippen MR) is 129 cm³/mol. The highest BCUT2D eigenvalue weighted by Crippen LogP contribution is 2.26. The molecule has 0 saturated carbocycles. The molecular weight excluding hydrogens is 454 g/mol. The molecule has 1 unspecified atom stereocenters. The van der Waals surface area contributed by atoms with Gasteiger partial charge in [-0.3, -0.25) is 9.59 Å². The Morgan fingerprint density at radius 1 is 1.09 bits per heavy atom. The van der Waals surface area contributed by atoms with E-state index in [-0.39, 0.29) is 11.8 Å². The van der Waals surface area contributed by atoms with Crippen LogP contribution < -0.4 is 15.4 Å². The summed E-state index contributed by atoms with van der Waals surface area (Å²) in [6.07, 6.45) is 2.40. The zero-order valence-electron chi connectivity index (χ0n) is 19.8. The highest BCUT2D eigenvalue weighted by molar-refractivity contribution is 6.27. The Labute approximate surface area is 203 Å². The highest BCUT2D eigenvalue weighted by atomic mass is 16.5. The van der Waals surface area contributed by atoms with Crippen molar-refractivity contribution in [3.63, 3.8) is 0 Å². The zero-order chi connectivity index (χ0) is 25.8. The van der Waals surface area contributed by atoms with Gasteiger partial charge in [-0.05, 0) is 49.6 Å². The van der Waals surface area contributed by atoms with Gasteiger partial charge in [0.2, 0.25) is 11.8 Å². The van der Waals surface area contributed by atoms with Gasteiger partial charge in [-0.25, -0.2) is 9.59 Å². The lowest BCUT2D eigenvalue weighted by atomic mass is 10.1. The number of likely N-dealkylation sites (tertiary alicyclic amines) is 1. The summed E-state index contributed by atoms with van der Waals surface area (Å²) in [5.41, 5.74) is 2.59. The molecule has 1 heterocycles. The number of carboxylic acid groups (broad SMARTS) is 2. The Kier molecular flexibility index (Phi) is 10.7. The second kappa shape index (κ2) is 13.7. The first-order chi connectivity index (χ1) is 16.7. The van der Waals surface area contributed by atoms with Crippen LogP contribution in [0.4, 0.5) is 5.69 Å². The summed E-state index contributed by atoms with van der Waals surface area (Å²) in [7, 11) is 1.59. The van der Waals surface area contributed by atoms with Crippen LogP contribution >= 0.6 is 0 Å². The quantitative estimate of drug-likeness (QED) is 0.313. The molecule has 0 aromatic heterocycles. The number of aliphatic carboxylic acids is 2. The molecule has 0 aliphatic carbocycles. The molecule has 0 spiro atoms. The predicted octanol–water partition coefficient (Wildman–Crippen LogP) is 2.44. The maximum atomic E-state index is 13.1. The number of amides is 2. The van der Waals surface area contributed by atoms with Crippen LogP contribution in [-0.2, 0) is 19.2 Å². The minimum absolute atomic E-state index is 0.141. The van der Waals surface area contributed by atoms with Crippen LogP contribution in [0.1, 0.15) is 36.4 Å². The van der Waals surface area contributed by atoms with Crippen LogP contribution in [0.3, 0.4) is 0 Å². The molecule has 4 N–H and O–H groups in total. The van der Waals surface area contributed by atoms with E-state index in [0.29, 0.717) is 24.4 Å². The Balaban J connectivity index is 0.000000641. The van der Waals surface area contributed by atoms with Crippen molar-refractivity contribution < 1.29 is 34.1 Å². The fourth-order valence-corrected chi connectivity index (χ4v) is 3.59. The fourth-order valence-electron chi connectivity index (χ4n) is 3.59. The molecule has 2 aromatic rings. The summed E-state index contributed by atoms with van der Waals surface area (Å²) in [5, 5.41) is 21.1. The second-order valence-corrected chi connectivity index (χ2v) is 7.94. The number of carbonyl (C=O) groups excluding carboxylic acids is 2. The maximum Gasteiger partial charge on any atom is 0.414 e. The smallest absolute Gasteiger partial charge is 0.414 e. The molecule has 10 nitrogen and oxygen atoms in total. The molecule has 1 fully saturated rings. The molecule has 188 valence electrons. The van der Waals surface area contributed by atoms with E-state index in [1.54, 1.807) is 7.11 Å². The molecular formula is C25H31N3O7. The van der Waals surface area contributed by atoms with Crippen LogP contribution in [-0.4, -0.2) is 65.6 Å². The van der Waals surface area contributed by atoms with Gasteiger partial charge in [0, 0.05) is 19.5 Å². The molecule has 1 saturated heterocycles. The van der Waals surface area contributed by atoms with Crippen molar-refractivity contribution >= 4 is 29.4 Å². The average Bonchev–Trinajstić information content (AvgIpc) is 3.24. The molecule has 0 bridgehead atoms. The third-order valence-corrected chi connectivity index (χ3v) is 5.32. The highest BCUT2D eigenvalue weighted by Gasteiger charge is 2.22. The van der Waals surface area contributed by atoms with E-state index in [0.717, 1.165) is 37.1 Å². The van der Waals surface area contributed by atoms with E-state index < -0.39 is 18.0 Å². The largest absolute Gasteiger partial charge is 0.495 e. The minimum atomic E-state index is -1.82. The van der Waals surface area contributed by atoms with Crippen LogP contribution in [0, 0.1) is 6.92 Å². The zero-order valence-corrected chi connectivity index (χ0v) is 19.8. The van der Waals surface area contributed by atoms with E-state index >= 15 is 0 Å². The Morgan fingerprint density at radius 2 is 1.77 bits per heavy atom. The Morgan fingerprint density at radius 3 is 2.34 bits per heavy atom. The first-order valence-electron chi connectivity index (χ1n) is 11.2. The Bertz CT molecular complexity index is 1010. The standard InChI is InChI=1S/C23H29N3O3.C2H2O4/c1-17-11-12-20(29-2)19(16-17)25-23(28)22(18-8-4-3-5-9-18)24-13-7-15-26-14-6-10-21(26)27;3-1(4)2(5)6/h3-5,8-9,11-12,16,22,24H,6-7,10,13-15H2,1-2H3,(H,25,28);(H,3,4)(H,5,6). The molecule has 1 atom stereocenters. The molecule has 2 amide bonds. The lowest BCUT2D eigenvalue weighted by Gasteiger charge is -2.21. The van der Waals surface area contributed by atoms with Crippen molar-refractivity contribution in [1.82, 2.24) is 10.2 Å². The van der Waals surface area contributed by atoms with E-state index in [1.165, 1.54) is 0 Å². The lowest BCUT2D eigenvalue weighted by molar-refractivity contribution is -0.159. The van der Waals surface area contributed by atoms with Gasteiger partial charge >= 0.3 is 11.9 Å². The van der Waals surface area contributed by atoms with Crippen LogP contribution in [0.15, 0.2) is 48.5 Å². The van der Waals surface area contributed by atoms with Gasteiger partial charge in [0.15, 0.2) is 0 Å². The average molecular weight is 486 g/mol. The van der Waals surface area contributed by atoms with Crippen LogP contribution in [0.25, 0.3) is 0 Å². The fraction of sp³-hybridized carbons (Fsp3) is 0.360. The molecule has 1 aliphatic rings. The number of rotatable bonds is 9. The van der Waals surface area contributed by atoms with Crippen molar-refractivity contribution in [3.05, 3.63) is 59.7 Å². The molecule has 0 radical (unpaired) electrons. The van der Waals surface area contributed by atoms with Gasteiger partial charge in [-0.2, -0.15) is 0 Å². The molecule has 1 aliphatic heterocycles. The number of hydrogen-bond donors (Lipinski definition) is 4. The third kappa shape index (κ3) is 8.74. The van der Waals surface area contributed by atoms with E-state index in [4.69, 9.17) is 24.5 Å². The van der Waals surface area contributed by atoms with Gasteiger partial charge in [0.25, 0.3) is 0 Å². The van der Waals surface area contributed by atoms with Crippen molar-refractivity contribution in [3.8, 4) is 5.75 Å². The summed E-state index contributed by atoms with van der Waals surface area (Å²) in [4.78, 5) is 45.0. The number of carboxylic acids is 2. The second-order valence-electron chi connectivity index (χ2n) is 7.94. The first kappa shape index (κ1) is 27.3. The van der Waals surface area contributed by atoms with Crippen molar-refractivity contribution in [1.29, 1.82) is 0 Å². The van der Waals surface area contributed by atoms with Crippen LogP contribution in [0.2, 0.25) is 0 Å². The maximum absolute atomic E-state index is 13.1. The third-order valence-electron chi connectivity index (χ3n) is 5.32. The summed E-state index contributed by atoms with van der Waals surface area (Å²) in [5.74, 6) is -2.93. The number of anilines is 1. The summed E-state index contributed by atoms with van der Waals surface area (Å²) in [6, 6.07) is 14.9. The number of aryl methyl sites for hydroxylation is 1. The first-order valence-corrected chi connectivity index (χ1v) is 11.2. The van der Waals surface area contributed by atoms with Gasteiger partial charge in [-0.15, -0.1) is 0 Å². The van der Waals surface area contributed by atoms with Gasteiger partial charge < -0.3 is 30.5 Å². The van der Waals surface area contributed by atoms with E-state index in [1.807, 2.05) is 60.4 Å². The molecule has 35 heavy (non-hydrogen) atoms. The minimum Gasteiger partial charge on any atom is -0.495 e. The topological polar surface area (TPSA) is 145 Å². The number of hydrogen-bond acceptors (Lipinski definition) is 6. The van der Waals surface area contributed by atoms with Crippen molar-refractivity contribution in [2.45, 2.75) is 32.2 Å². The van der Waals surface area contributed by atoms with E-state index in [9.17, 15) is 9.59 Å². The number of carbonyl (C=O) groups is 4. The normalized spacial score (nSPS) is 13.4. The van der Waals surface area contributed by atoms with Crippen molar-refractivity contribution in [2.24, 2.45) is 0 Å². The van der Waals surface area contributed by atoms with Gasteiger partial charge in [-0.1, -0.05) is 36.4 Å².